The molecule has 1 aliphatic rings. The average Bonchev–Trinajstić information content (AvgIpc) is 2.85. The number of nitrogens with zero attached hydrogens (tertiary/aromatic N) is 2. The molecule has 18 heavy (non-hydrogen) atoms. The maximum Gasteiger partial charge on any atom is 0.314 e. The standard InChI is InChI=1S/C10H14N2O3S3/c1-2-6-8(17-4-3-16-6)9-11-10(15-12-9)18-5-7(13)14/h6,8H,2-5H2,1H3,(H,13,14). The number of aliphatic carboxylic acids is 1. The van der Waals surface area contributed by atoms with Crippen molar-refractivity contribution in [2.45, 2.75) is 29.1 Å². The fourth-order valence-corrected chi connectivity index (χ4v) is 5.14. The van der Waals surface area contributed by atoms with Crippen LogP contribution in [0.3, 0.4) is 0 Å². The summed E-state index contributed by atoms with van der Waals surface area (Å²) >= 11 is 4.87. The molecule has 0 aromatic carbocycles. The van der Waals surface area contributed by atoms with Gasteiger partial charge in [-0.2, -0.15) is 16.7 Å². The van der Waals surface area contributed by atoms with Crippen molar-refractivity contribution in [1.29, 1.82) is 0 Å². The van der Waals surface area contributed by atoms with Crippen molar-refractivity contribution in [2.24, 2.45) is 0 Å². The van der Waals surface area contributed by atoms with Gasteiger partial charge < -0.3 is 9.63 Å². The van der Waals surface area contributed by atoms with E-state index < -0.39 is 5.97 Å². The van der Waals surface area contributed by atoms with E-state index in [0.29, 0.717) is 16.3 Å². The molecule has 1 aromatic rings. The van der Waals surface area contributed by atoms with Crippen molar-refractivity contribution < 1.29 is 14.4 Å². The summed E-state index contributed by atoms with van der Waals surface area (Å²) in [5.74, 6) is 2.03. The van der Waals surface area contributed by atoms with E-state index in [4.69, 9.17) is 9.63 Å². The molecule has 2 unspecified atom stereocenters. The number of thioether (sulfide) groups is 3. The number of carbonyl (C=O) groups is 1. The number of carboxylic acids is 1. The molecule has 0 spiro atoms. The van der Waals surface area contributed by atoms with E-state index in [1.165, 1.54) is 0 Å². The Labute approximate surface area is 118 Å². The molecule has 0 radical (unpaired) electrons. The number of hydrogen-bond donors (Lipinski definition) is 1. The molecule has 0 saturated carbocycles. The Hall–Kier alpha value is -0.340. The van der Waals surface area contributed by atoms with Gasteiger partial charge in [-0.1, -0.05) is 23.8 Å². The highest BCUT2D eigenvalue weighted by Gasteiger charge is 2.30. The smallest absolute Gasteiger partial charge is 0.314 e. The molecular formula is C10H14N2O3S3. The van der Waals surface area contributed by atoms with Gasteiger partial charge in [-0.15, -0.1) is 11.8 Å². The van der Waals surface area contributed by atoms with Gasteiger partial charge in [-0.3, -0.25) is 4.79 Å². The SMILES string of the molecule is CCC1SCCSC1c1noc(SCC(=O)O)n1. The van der Waals surface area contributed by atoms with Crippen molar-refractivity contribution in [3.8, 4) is 0 Å². The predicted octanol–water partition coefficient (Wildman–Crippen LogP) is 2.55. The highest BCUT2D eigenvalue weighted by molar-refractivity contribution is 8.06. The first-order valence-electron chi connectivity index (χ1n) is 5.62. The molecule has 1 saturated heterocycles. The summed E-state index contributed by atoms with van der Waals surface area (Å²) in [6, 6.07) is 0. The van der Waals surface area contributed by atoms with Crippen LogP contribution >= 0.6 is 35.3 Å². The highest BCUT2D eigenvalue weighted by atomic mass is 32.2. The first kappa shape index (κ1) is 14.1. The second-order valence-electron chi connectivity index (χ2n) is 3.71. The summed E-state index contributed by atoms with van der Waals surface area (Å²) < 4.78 is 5.08. The molecule has 0 aliphatic carbocycles. The predicted molar refractivity (Wildman–Crippen MR) is 74.4 cm³/mol. The lowest BCUT2D eigenvalue weighted by atomic mass is 10.2. The van der Waals surface area contributed by atoms with Crippen molar-refractivity contribution in [3.63, 3.8) is 0 Å². The van der Waals surface area contributed by atoms with Crippen molar-refractivity contribution >= 4 is 41.3 Å². The third-order valence-corrected chi connectivity index (χ3v) is 6.50. The third kappa shape index (κ3) is 3.58. The Kier molecular flexibility index (Phi) is 5.25. The van der Waals surface area contributed by atoms with Gasteiger partial charge in [0, 0.05) is 16.8 Å². The topological polar surface area (TPSA) is 76.2 Å². The van der Waals surface area contributed by atoms with E-state index in [0.717, 1.165) is 29.7 Å². The zero-order valence-corrected chi connectivity index (χ0v) is 12.3. The summed E-state index contributed by atoms with van der Waals surface area (Å²) in [5.41, 5.74) is 0. The summed E-state index contributed by atoms with van der Waals surface area (Å²) in [6.07, 6.45) is 1.08. The molecule has 1 aromatic heterocycles. The first-order valence-corrected chi connectivity index (χ1v) is 8.70. The zero-order chi connectivity index (χ0) is 13.0. The molecule has 2 atom stereocenters. The Morgan fingerprint density at radius 1 is 1.56 bits per heavy atom. The fourth-order valence-electron chi connectivity index (χ4n) is 1.66. The molecule has 2 heterocycles. The third-order valence-electron chi connectivity index (χ3n) is 2.45. The fraction of sp³-hybridized carbons (Fsp3) is 0.700. The quantitative estimate of drug-likeness (QED) is 0.832. The molecular weight excluding hydrogens is 292 g/mol. The number of hydrogen-bond acceptors (Lipinski definition) is 7. The Balaban J connectivity index is 2.01. The van der Waals surface area contributed by atoms with Crippen LogP contribution in [0.25, 0.3) is 0 Å². The molecule has 0 bridgehead atoms. The molecule has 1 aliphatic heterocycles. The van der Waals surface area contributed by atoms with Crippen molar-refractivity contribution in [2.75, 3.05) is 17.3 Å². The van der Waals surface area contributed by atoms with Gasteiger partial charge in [0.15, 0.2) is 5.82 Å². The van der Waals surface area contributed by atoms with Crippen molar-refractivity contribution in [3.05, 3.63) is 5.82 Å². The van der Waals surface area contributed by atoms with Crippen LogP contribution in [0.4, 0.5) is 0 Å². The molecule has 100 valence electrons. The van der Waals surface area contributed by atoms with Gasteiger partial charge in [0.25, 0.3) is 5.22 Å². The molecule has 1 fully saturated rings. The first-order chi connectivity index (χ1) is 8.70. The Bertz CT molecular complexity index is 413. The summed E-state index contributed by atoms with van der Waals surface area (Å²) in [4.78, 5) is 14.8. The maximum absolute atomic E-state index is 10.5. The van der Waals surface area contributed by atoms with Crippen LogP contribution in [-0.2, 0) is 4.79 Å². The minimum Gasteiger partial charge on any atom is -0.481 e. The van der Waals surface area contributed by atoms with Crippen LogP contribution in [0.1, 0.15) is 24.4 Å². The summed E-state index contributed by atoms with van der Waals surface area (Å²) in [6.45, 7) is 2.16. The van der Waals surface area contributed by atoms with Crippen LogP contribution < -0.4 is 0 Å². The lowest BCUT2D eigenvalue weighted by molar-refractivity contribution is -0.133. The number of aromatic nitrogens is 2. The molecule has 5 nitrogen and oxygen atoms in total. The Morgan fingerprint density at radius 2 is 2.33 bits per heavy atom. The monoisotopic (exact) mass is 306 g/mol. The van der Waals surface area contributed by atoms with Gasteiger partial charge in [0.1, 0.15) is 5.75 Å². The van der Waals surface area contributed by atoms with E-state index in [1.54, 1.807) is 0 Å². The van der Waals surface area contributed by atoms with Crippen LogP contribution in [0.2, 0.25) is 0 Å². The zero-order valence-electron chi connectivity index (χ0n) is 9.87. The van der Waals surface area contributed by atoms with Gasteiger partial charge in [0.2, 0.25) is 0 Å². The van der Waals surface area contributed by atoms with Gasteiger partial charge in [-0.05, 0) is 6.42 Å². The lowest BCUT2D eigenvalue weighted by Gasteiger charge is -2.27. The van der Waals surface area contributed by atoms with E-state index in [-0.39, 0.29) is 11.0 Å². The average molecular weight is 306 g/mol. The minimum absolute atomic E-state index is 0.0502. The molecule has 2 rings (SSSR count). The van der Waals surface area contributed by atoms with Crippen LogP contribution in [0.5, 0.6) is 0 Å². The van der Waals surface area contributed by atoms with Gasteiger partial charge in [-0.25, -0.2) is 0 Å². The van der Waals surface area contributed by atoms with E-state index in [1.807, 2.05) is 23.5 Å². The van der Waals surface area contributed by atoms with E-state index in [2.05, 4.69) is 17.1 Å². The molecule has 1 N–H and O–H groups in total. The molecule has 8 heteroatoms. The lowest BCUT2D eigenvalue weighted by Crippen LogP contribution is -2.19. The minimum atomic E-state index is -0.881. The Morgan fingerprint density at radius 3 is 3.06 bits per heavy atom. The van der Waals surface area contributed by atoms with Gasteiger partial charge >= 0.3 is 5.97 Å². The van der Waals surface area contributed by atoms with Gasteiger partial charge in [0.05, 0.1) is 5.25 Å². The largest absolute Gasteiger partial charge is 0.481 e. The summed E-state index contributed by atoms with van der Waals surface area (Å²) in [7, 11) is 0. The molecule has 0 amide bonds. The van der Waals surface area contributed by atoms with E-state index in [9.17, 15) is 4.79 Å². The van der Waals surface area contributed by atoms with Crippen LogP contribution in [0.15, 0.2) is 9.75 Å². The van der Waals surface area contributed by atoms with Crippen LogP contribution in [0, 0.1) is 0 Å². The second-order valence-corrected chi connectivity index (χ2v) is 7.23. The number of carboxylic acid groups (broad SMARTS) is 1. The second kappa shape index (κ2) is 6.72. The van der Waals surface area contributed by atoms with E-state index >= 15 is 0 Å². The van der Waals surface area contributed by atoms with Crippen LogP contribution in [-0.4, -0.2) is 43.7 Å². The van der Waals surface area contributed by atoms with Crippen molar-refractivity contribution in [1.82, 2.24) is 10.1 Å². The highest BCUT2D eigenvalue weighted by Crippen LogP contribution is 2.43. The number of rotatable bonds is 5. The maximum atomic E-state index is 10.5. The summed E-state index contributed by atoms with van der Waals surface area (Å²) in [5, 5.41) is 13.7. The normalized spacial score (nSPS) is 24.1.